The number of halogens is 1. The molecule has 2 rings (SSSR count). The SMILES string of the molecule is Cc1ccc(NC(=O)CSc2ccccc2O)cc1Cl. The molecule has 20 heavy (non-hydrogen) atoms. The summed E-state index contributed by atoms with van der Waals surface area (Å²) >= 11 is 7.29. The van der Waals surface area contributed by atoms with Crippen LogP contribution in [0.25, 0.3) is 0 Å². The quantitative estimate of drug-likeness (QED) is 0.837. The number of carbonyl (C=O) groups excluding carboxylic acids is 1. The van der Waals surface area contributed by atoms with Crippen molar-refractivity contribution in [2.75, 3.05) is 11.1 Å². The zero-order chi connectivity index (χ0) is 14.5. The Labute approximate surface area is 127 Å². The third kappa shape index (κ3) is 3.92. The number of aryl methyl sites for hydroxylation is 1. The molecule has 0 saturated carbocycles. The van der Waals surface area contributed by atoms with Gasteiger partial charge in [-0.25, -0.2) is 0 Å². The summed E-state index contributed by atoms with van der Waals surface area (Å²) in [4.78, 5) is 12.5. The Balaban J connectivity index is 1.93. The highest BCUT2D eigenvalue weighted by molar-refractivity contribution is 8.00. The summed E-state index contributed by atoms with van der Waals surface area (Å²) in [7, 11) is 0. The molecule has 0 spiro atoms. The summed E-state index contributed by atoms with van der Waals surface area (Å²) in [6.45, 7) is 1.90. The molecule has 0 unspecified atom stereocenters. The number of anilines is 1. The fourth-order valence-electron chi connectivity index (χ4n) is 1.59. The average molecular weight is 308 g/mol. The molecule has 0 fully saturated rings. The largest absolute Gasteiger partial charge is 0.507 e. The van der Waals surface area contributed by atoms with Crippen LogP contribution in [-0.4, -0.2) is 16.8 Å². The van der Waals surface area contributed by atoms with Gasteiger partial charge in [-0.1, -0.05) is 29.8 Å². The number of hydrogen-bond donors (Lipinski definition) is 2. The van der Waals surface area contributed by atoms with Gasteiger partial charge in [0.05, 0.1) is 5.75 Å². The van der Waals surface area contributed by atoms with E-state index in [-0.39, 0.29) is 17.4 Å². The zero-order valence-electron chi connectivity index (χ0n) is 10.9. The van der Waals surface area contributed by atoms with Crippen molar-refractivity contribution in [1.82, 2.24) is 0 Å². The van der Waals surface area contributed by atoms with E-state index >= 15 is 0 Å². The molecule has 2 N–H and O–H groups in total. The molecule has 0 bridgehead atoms. The maximum atomic E-state index is 11.8. The molecular formula is C15H14ClNO2S. The number of nitrogens with one attached hydrogen (secondary N) is 1. The van der Waals surface area contributed by atoms with Crippen LogP contribution >= 0.6 is 23.4 Å². The number of aromatic hydroxyl groups is 1. The number of amides is 1. The van der Waals surface area contributed by atoms with Gasteiger partial charge in [0.2, 0.25) is 5.91 Å². The minimum Gasteiger partial charge on any atom is -0.507 e. The van der Waals surface area contributed by atoms with Crippen LogP contribution in [0.1, 0.15) is 5.56 Å². The van der Waals surface area contributed by atoms with E-state index in [9.17, 15) is 9.90 Å². The second-order valence-electron chi connectivity index (χ2n) is 4.27. The van der Waals surface area contributed by atoms with Gasteiger partial charge in [0.15, 0.2) is 0 Å². The molecule has 104 valence electrons. The number of benzene rings is 2. The Morgan fingerprint density at radius 3 is 2.75 bits per heavy atom. The van der Waals surface area contributed by atoms with E-state index in [4.69, 9.17) is 11.6 Å². The van der Waals surface area contributed by atoms with Crippen molar-refractivity contribution in [2.45, 2.75) is 11.8 Å². The minimum absolute atomic E-state index is 0.141. The number of carbonyl (C=O) groups is 1. The molecule has 2 aromatic rings. The summed E-state index contributed by atoms with van der Waals surface area (Å²) in [6, 6.07) is 12.3. The lowest BCUT2D eigenvalue weighted by Gasteiger charge is -2.07. The highest BCUT2D eigenvalue weighted by atomic mass is 35.5. The van der Waals surface area contributed by atoms with E-state index in [1.54, 1.807) is 24.3 Å². The highest BCUT2D eigenvalue weighted by Gasteiger charge is 2.07. The maximum absolute atomic E-state index is 11.8. The smallest absolute Gasteiger partial charge is 0.234 e. The number of para-hydroxylation sites is 1. The lowest BCUT2D eigenvalue weighted by molar-refractivity contribution is -0.113. The summed E-state index contributed by atoms with van der Waals surface area (Å²) in [5, 5.41) is 13.0. The van der Waals surface area contributed by atoms with E-state index in [2.05, 4.69) is 5.32 Å². The van der Waals surface area contributed by atoms with Crippen LogP contribution in [0.2, 0.25) is 5.02 Å². The van der Waals surface area contributed by atoms with Crippen molar-refractivity contribution in [3.8, 4) is 5.75 Å². The fraction of sp³-hybridized carbons (Fsp3) is 0.133. The highest BCUT2D eigenvalue weighted by Crippen LogP contribution is 2.27. The van der Waals surface area contributed by atoms with Gasteiger partial charge >= 0.3 is 0 Å². The van der Waals surface area contributed by atoms with Crippen molar-refractivity contribution in [3.05, 3.63) is 53.1 Å². The molecule has 1 amide bonds. The van der Waals surface area contributed by atoms with Crippen molar-refractivity contribution in [2.24, 2.45) is 0 Å². The van der Waals surface area contributed by atoms with Gasteiger partial charge in [0.1, 0.15) is 5.75 Å². The molecule has 0 aliphatic rings. The Morgan fingerprint density at radius 2 is 2.05 bits per heavy atom. The Kier molecular flexibility index (Phi) is 4.93. The summed E-state index contributed by atoms with van der Waals surface area (Å²) < 4.78 is 0. The Hall–Kier alpha value is -1.65. The van der Waals surface area contributed by atoms with Gasteiger partial charge in [0, 0.05) is 15.6 Å². The Bertz CT molecular complexity index is 631. The fourth-order valence-corrected chi connectivity index (χ4v) is 2.52. The first-order valence-corrected chi connectivity index (χ1v) is 7.39. The van der Waals surface area contributed by atoms with E-state index in [1.165, 1.54) is 11.8 Å². The van der Waals surface area contributed by atoms with Crippen LogP contribution in [0.4, 0.5) is 5.69 Å². The lowest BCUT2D eigenvalue weighted by Crippen LogP contribution is -2.13. The number of thioether (sulfide) groups is 1. The second-order valence-corrected chi connectivity index (χ2v) is 5.69. The molecular weight excluding hydrogens is 294 g/mol. The first kappa shape index (κ1) is 14.8. The second kappa shape index (κ2) is 6.68. The number of phenols is 1. The van der Waals surface area contributed by atoms with Crippen molar-refractivity contribution >= 4 is 35.0 Å². The number of hydrogen-bond acceptors (Lipinski definition) is 3. The maximum Gasteiger partial charge on any atom is 0.234 e. The molecule has 0 aliphatic heterocycles. The molecule has 0 aliphatic carbocycles. The Morgan fingerprint density at radius 1 is 1.30 bits per heavy atom. The topological polar surface area (TPSA) is 49.3 Å². The average Bonchev–Trinajstić information content (AvgIpc) is 2.42. The molecule has 0 heterocycles. The first-order chi connectivity index (χ1) is 9.56. The normalized spacial score (nSPS) is 10.3. The van der Waals surface area contributed by atoms with Crippen LogP contribution in [0, 0.1) is 6.92 Å². The molecule has 5 heteroatoms. The first-order valence-electron chi connectivity index (χ1n) is 6.03. The van der Waals surface area contributed by atoms with Gasteiger partial charge in [-0.3, -0.25) is 4.79 Å². The van der Waals surface area contributed by atoms with Crippen LogP contribution in [-0.2, 0) is 4.79 Å². The van der Waals surface area contributed by atoms with Crippen LogP contribution < -0.4 is 5.32 Å². The summed E-state index contributed by atoms with van der Waals surface area (Å²) in [5.41, 5.74) is 1.64. The van der Waals surface area contributed by atoms with Gasteiger partial charge < -0.3 is 10.4 Å². The molecule has 0 radical (unpaired) electrons. The van der Waals surface area contributed by atoms with Crippen LogP contribution in [0.15, 0.2) is 47.4 Å². The summed E-state index contributed by atoms with van der Waals surface area (Å²) in [6.07, 6.45) is 0. The van der Waals surface area contributed by atoms with Gasteiger partial charge in [-0.15, -0.1) is 11.8 Å². The van der Waals surface area contributed by atoms with Gasteiger partial charge in [-0.05, 0) is 36.8 Å². The molecule has 0 saturated heterocycles. The zero-order valence-corrected chi connectivity index (χ0v) is 12.5. The van der Waals surface area contributed by atoms with E-state index < -0.39 is 0 Å². The van der Waals surface area contributed by atoms with E-state index in [0.717, 1.165) is 5.56 Å². The number of rotatable bonds is 4. The third-order valence-electron chi connectivity index (χ3n) is 2.68. The molecule has 3 nitrogen and oxygen atoms in total. The molecule has 2 aromatic carbocycles. The van der Waals surface area contributed by atoms with Crippen LogP contribution in [0.3, 0.4) is 0 Å². The molecule has 0 aromatic heterocycles. The van der Waals surface area contributed by atoms with Crippen molar-refractivity contribution in [3.63, 3.8) is 0 Å². The lowest BCUT2D eigenvalue weighted by atomic mass is 10.2. The number of phenolic OH excluding ortho intramolecular Hbond substituents is 1. The van der Waals surface area contributed by atoms with Crippen LogP contribution in [0.5, 0.6) is 5.75 Å². The minimum atomic E-state index is -0.141. The predicted octanol–water partition coefficient (Wildman–Crippen LogP) is 4.08. The third-order valence-corrected chi connectivity index (χ3v) is 4.15. The molecule has 0 atom stereocenters. The van der Waals surface area contributed by atoms with Crippen molar-refractivity contribution < 1.29 is 9.90 Å². The predicted molar refractivity (Wildman–Crippen MR) is 83.6 cm³/mol. The van der Waals surface area contributed by atoms with Gasteiger partial charge in [0.25, 0.3) is 0 Å². The standard InChI is InChI=1S/C15H14ClNO2S/c1-10-6-7-11(8-12(10)16)17-15(19)9-20-14-5-3-2-4-13(14)18/h2-8,18H,9H2,1H3,(H,17,19). The monoisotopic (exact) mass is 307 g/mol. The van der Waals surface area contributed by atoms with Gasteiger partial charge in [-0.2, -0.15) is 0 Å². The van der Waals surface area contributed by atoms with Crippen molar-refractivity contribution in [1.29, 1.82) is 0 Å². The summed E-state index contributed by atoms with van der Waals surface area (Å²) in [5.74, 6) is 0.269. The van der Waals surface area contributed by atoms with E-state index in [0.29, 0.717) is 15.6 Å². The van der Waals surface area contributed by atoms with E-state index in [1.807, 2.05) is 25.1 Å².